The van der Waals surface area contributed by atoms with Gasteiger partial charge in [-0.3, -0.25) is 4.79 Å². The van der Waals surface area contributed by atoms with E-state index in [1.54, 1.807) is 7.11 Å². The predicted octanol–water partition coefficient (Wildman–Crippen LogP) is 3.42. The Balaban J connectivity index is 2.12. The summed E-state index contributed by atoms with van der Waals surface area (Å²) in [6.07, 6.45) is 6.26. The van der Waals surface area contributed by atoms with Crippen LogP contribution in [0, 0.1) is 17.8 Å². The number of hydrogen-bond acceptors (Lipinski definition) is 3. The van der Waals surface area contributed by atoms with Gasteiger partial charge in [0.25, 0.3) is 0 Å². The van der Waals surface area contributed by atoms with Crippen molar-refractivity contribution in [3.63, 3.8) is 0 Å². The lowest BCUT2D eigenvalue weighted by Crippen LogP contribution is -2.25. The van der Waals surface area contributed by atoms with Crippen LogP contribution in [0.3, 0.4) is 0 Å². The van der Waals surface area contributed by atoms with Gasteiger partial charge in [-0.05, 0) is 50.4 Å². The van der Waals surface area contributed by atoms with E-state index in [4.69, 9.17) is 9.47 Å². The zero-order chi connectivity index (χ0) is 13.4. The average molecular weight is 256 g/mol. The maximum atomic E-state index is 11.9. The minimum absolute atomic E-state index is 0.0228. The Bertz CT molecular complexity index is 230. The van der Waals surface area contributed by atoms with Gasteiger partial charge in [-0.15, -0.1) is 0 Å². The molecule has 1 saturated carbocycles. The van der Waals surface area contributed by atoms with Crippen molar-refractivity contribution in [2.75, 3.05) is 20.3 Å². The fourth-order valence-corrected chi connectivity index (χ4v) is 2.66. The van der Waals surface area contributed by atoms with Gasteiger partial charge in [0.15, 0.2) is 0 Å². The maximum absolute atomic E-state index is 11.9. The molecule has 0 N–H and O–H groups in total. The predicted molar refractivity (Wildman–Crippen MR) is 72.4 cm³/mol. The van der Waals surface area contributed by atoms with E-state index in [-0.39, 0.29) is 11.9 Å². The van der Waals surface area contributed by atoms with Crippen LogP contribution in [0.4, 0.5) is 0 Å². The second-order valence-corrected chi connectivity index (χ2v) is 5.72. The first kappa shape index (κ1) is 15.5. The van der Waals surface area contributed by atoms with E-state index in [9.17, 15) is 4.79 Å². The number of rotatable bonds is 7. The van der Waals surface area contributed by atoms with E-state index in [2.05, 4.69) is 13.8 Å². The smallest absolute Gasteiger partial charge is 0.308 e. The fraction of sp³-hybridized carbons (Fsp3) is 0.933. The van der Waals surface area contributed by atoms with Crippen molar-refractivity contribution in [3.05, 3.63) is 0 Å². The molecule has 0 aromatic rings. The fourth-order valence-electron chi connectivity index (χ4n) is 2.66. The summed E-state index contributed by atoms with van der Waals surface area (Å²) in [5.41, 5.74) is 0. The Labute approximate surface area is 111 Å². The van der Waals surface area contributed by atoms with Gasteiger partial charge in [0.05, 0.1) is 12.5 Å². The standard InChI is InChI=1S/C15H28O3/c1-12(2)13-6-8-14(9-7-13)15(16)18-11-5-4-10-17-3/h12-14H,4-11H2,1-3H3. The van der Waals surface area contributed by atoms with Crippen molar-refractivity contribution >= 4 is 5.97 Å². The highest BCUT2D eigenvalue weighted by Gasteiger charge is 2.28. The van der Waals surface area contributed by atoms with Crippen LogP contribution in [0.5, 0.6) is 0 Å². The quantitative estimate of drug-likeness (QED) is 0.517. The first-order chi connectivity index (χ1) is 8.65. The highest BCUT2D eigenvalue weighted by Crippen LogP contribution is 2.33. The third-order valence-electron chi connectivity index (χ3n) is 4.04. The van der Waals surface area contributed by atoms with Crippen LogP contribution in [0.1, 0.15) is 52.4 Å². The van der Waals surface area contributed by atoms with Gasteiger partial charge in [0, 0.05) is 13.7 Å². The van der Waals surface area contributed by atoms with Gasteiger partial charge in [-0.2, -0.15) is 0 Å². The first-order valence-electron chi connectivity index (χ1n) is 7.30. The van der Waals surface area contributed by atoms with Gasteiger partial charge < -0.3 is 9.47 Å². The summed E-state index contributed by atoms with van der Waals surface area (Å²) in [6, 6.07) is 0. The summed E-state index contributed by atoms with van der Waals surface area (Å²) >= 11 is 0. The van der Waals surface area contributed by atoms with Gasteiger partial charge in [-0.1, -0.05) is 13.8 Å². The van der Waals surface area contributed by atoms with Crippen molar-refractivity contribution in [2.45, 2.75) is 52.4 Å². The topological polar surface area (TPSA) is 35.5 Å². The van der Waals surface area contributed by atoms with E-state index < -0.39 is 0 Å². The number of methoxy groups -OCH3 is 1. The molecule has 18 heavy (non-hydrogen) atoms. The second-order valence-electron chi connectivity index (χ2n) is 5.72. The van der Waals surface area contributed by atoms with Crippen molar-refractivity contribution in [3.8, 4) is 0 Å². The van der Waals surface area contributed by atoms with E-state index in [1.807, 2.05) is 0 Å². The molecular weight excluding hydrogens is 228 g/mol. The second kappa shape index (κ2) is 8.52. The Kier molecular flexibility index (Phi) is 7.33. The molecule has 0 atom stereocenters. The van der Waals surface area contributed by atoms with Crippen LogP contribution in [-0.4, -0.2) is 26.3 Å². The van der Waals surface area contributed by atoms with Crippen molar-refractivity contribution < 1.29 is 14.3 Å². The SMILES string of the molecule is COCCCCOC(=O)C1CCC(C(C)C)CC1. The summed E-state index contributed by atoms with van der Waals surface area (Å²) in [4.78, 5) is 11.9. The zero-order valence-corrected chi connectivity index (χ0v) is 12.1. The summed E-state index contributed by atoms with van der Waals surface area (Å²) < 4.78 is 10.3. The lowest BCUT2D eigenvalue weighted by Gasteiger charge is -2.29. The molecule has 106 valence electrons. The van der Waals surface area contributed by atoms with Crippen molar-refractivity contribution in [1.82, 2.24) is 0 Å². The molecule has 0 saturated heterocycles. The molecule has 0 unspecified atom stereocenters. The van der Waals surface area contributed by atoms with Gasteiger partial charge in [0.2, 0.25) is 0 Å². The van der Waals surface area contributed by atoms with E-state index >= 15 is 0 Å². The highest BCUT2D eigenvalue weighted by molar-refractivity contribution is 5.72. The van der Waals surface area contributed by atoms with Crippen LogP contribution in [0.2, 0.25) is 0 Å². The molecule has 0 aromatic heterocycles. The molecule has 0 heterocycles. The molecule has 0 amide bonds. The average Bonchev–Trinajstić information content (AvgIpc) is 2.38. The third-order valence-corrected chi connectivity index (χ3v) is 4.04. The largest absolute Gasteiger partial charge is 0.465 e. The summed E-state index contributed by atoms with van der Waals surface area (Å²) in [5.74, 6) is 1.73. The number of carbonyl (C=O) groups excluding carboxylic acids is 1. The van der Waals surface area contributed by atoms with Crippen LogP contribution in [-0.2, 0) is 14.3 Å². The number of esters is 1. The molecule has 3 nitrogen and oxygen atoms in total. The summed E-state index contributed by atoms with van der Waals surface area (Å²) in [7, 11) is 1.69. The Morgan fingerprint density at radius 3 is 2.28 bits per heavy atom. The Morgan fingerprint density at radius 1 is 1.11 bits per heavy atom. The molecule has 0 spiro atoms. The molecule has 0 radical (unpaired) electrons. The number of ether oxygens (including phenoxy) is 2. The molecule has 1 aliphatic carbocycles. The van der Waals surface area contributed by atoms with Crippen molar-refractivity contribution in [1.29, 1.82) is 0 Å². The van der Waals surface area contributed by atoms with E-state index in [0.29, 0.717) is 6.61 Å². The van der Waals surface area contributed by atoms with Crippen molar-refractivity contribution in [2.24, 2.45) is 17.8 Å². The minimum atomic E-state index is 0.0228. The number of hydrogen-bond donors (Lipinski definition) is 0. The molecule has 3 heteroatoms. The highest BCUT2D eigenvalue weighted by atomic mass is 16.5. The Hall–Kier alpha value is -0.570. The van der Waals surface area contributed by atoms with Gasteiger partial charge in [0.1, 0.15) is 0 Å². The zero-order valence-electron chi connectivity index (χ0n) is 12.1. The van der Waals surface area contributed by atoms with Crippen LogP contribution in [0.15, 0.2) is 0 Å². The molecular formula is C15H28O3. The summed E-state index contributed by atoms with van der Waals surface area (Å²) in [5, 5.41) is 0. The van der Waals surface area contributed by atoms with Gasteiger partial charge >= 0.3 is 5.97 Å². The molecule has 0 aliphatic heterocycles. The molecule has 1 rings (SSSR count). The summed E-state index contributed by atoms with van der Waals surface area (Å²) in [6.45, 7) is 5.85. The first-order valence-corrected chi connectivity index (χ1v) is 7.30. The third kappa shape index (κ3) is 5.38. The maximum Gasteiger partial charge on any atom is 0.308 e. The van der Waals surface area contributed by atoms with E-state index in [0.717, 1.165) is 44.1 Å². The van der Waals surface area contributed by atoms with Crippen LogP contribution in [0.25, 0.3) is 0 Å². The lowest BCUT2D eigenvalue weighted by molar-refractivity contribution is -0.150. The monoisotopic (exact) mass is 256 g/mol. The minimum Gasteiger partial charge on any atom is -0.465 e. The van der Waals surface area contributed by atoms with Crippen LogP contribution < -0.4 is 0 Å². The lowest BCUT2D eigenvalue weighted by atomic mass is 9.77. The van der Waals surface area contributed by atoms with Gasteiger partial charge in [-0.25, -0.2) is 0 Å². The molecule has 0 bridgehead atoms. The normalized spacial score (nSPS) is 24.2. The number of unbranched alkanes of at least 4 members (excludes halogenated alkanes) is 1. The molecule has 1 fully saturated rings. The molecule has 1 aliphatic rings. The Morgan fingerprint density at radius 2 is 1.72 bits per heavy atom. The van der Waals surface area contributed by atoms with E-state index in [1.165, 1.54) is 12.8 Å². The van der Waals surface area contributed by atoms with Crippen LogP contribution >= 0.6 is 0 Å². The number of carbonyl (C=O) groups is 1. The molecule has 0 aromatic carbocycles.